The molecule has 1 saturated heterocycles. The number of hydrogen-bond donors (Lipinski definition) is 1. The van der Waals surface area contributed by atoms with Crippen molar-refractivity contribution in [2.75, 3.05) is 13.1 Å². The van der Waals surface area contributed by atoms with E-state index in [2.05, 4.69) is 39.8 Å². The van der Waals surface area contributed by atoms with E-state index in [9.17, 15) is 9.59 Å². The molecule has 2 aliphatic rings. The summed E-state index contributed by atoms with van der Waals surface area (Å²) in [5, 5.41) is 9.25. The first kappa shape index (κ1) is 18.2. The van der Waals surface area contributed by atoms with Crippen LogP contribution in [0.5, 0.6) is 0 Å². The number of carbonyl (C=O) groups is 1. The molecule has 0 bridgehead atoms. The fraction of sp³-hybridized carbons (Fsp3) is 0.824. The highest BCUT2D eigenvalue weighted by Gasteiger charge is 2.49. The van der Waals surface area contributed by atoms with Gasteiger partial charge in [-0.25, -0.2) is 9.59 Å². The van der Waals surface area contributed by atoms with E-state index in [-0.39, 0.29) is 16.6 Å². The Hall–Kier alpha value is -1.10. The van der Waals surface area contributed by atoms with Gasteiger partial charge in [-0.2, -0.15) is 0 Å². The molecule has 0 aromatic carbocycles. The summed E-state index contributed by atoms with van der Waals surface area (Å²) in [4.78, 5) is 24.0. The van der Waals surface area contributed by atoms with Gasteiger partial charge in [0.2, 0.25) is 0 Å². The zero-order valence-corrected chi connectivity index (χ0v) is 15.9. The maximum atomic E-state index is 11.5. The Kier molecular flexibility index (Phi) is 4.82. The minimum Gasteiger partial charge on any atom is -0.465 e. The van der Waals surface area contributed by atoms with E-state index in [1.54, 1.807) is 0 Å². The smallest absolute Gasteiger partial charge is 0.407 e. The fourth-order valence-corrected chi connectivity index (χ4v) is 4.89. The minimum atomic E-state index is -1.87. The molecule has 23 heavy (non-hydrogen) atoms. The van der Waals surface area contributed by atoms with Gasteiger partial charge in [-0.15, -0.1) is 0 Å². The standard InChI is InChI=1S/C17H29NO4Si/c1-16(2,3)23(4,5)22-14-10-13(12-19)17(11-14)6-8-18(9-7-17)15(20)21/h14H,6-11H2,1-5H3,(H,20,21). The number of piperidine rings is 1. The van der Waals surface area contributed by atoms with Gasteiger partial charge in [-0.1, -0.05) is 20.8 Å². The van der Waals surface area contributed by atoms with E-state index in [4.69, 9.17) is 9.53 Å². The van der Waals surface area contributed by atoms with Crippen molar-refractivity contribution in [1.29, 1.82) is 0 Å². The first-order chi connectivity index (χ1) is 10.5. The van der Waals surface area contributed by atoms with Crippen LogP contribution in [0.2, 0.25) is 18.1 Å². The third kappa shape index (κ3) is 3.54. The van der Waals surface area contributed by atoms with Gasteiger partial charge in [0.25, 0.3) is 0 Å². The summed E-state index contributed by atoms with van der Waals surface area (Å²) >= 11 is 0. The zero-order chi connectivity index (χ0) is 17.5. The Morgan fingerprint density at radius 2 is 1.91 bits per heavy atom. The molecule has 1 aliphatic heterocycles. The molecular weight excluding hydrogens is 310 g/mol. The molecule has 2 fully saturated rings. The molecule has 1 aliphatic carbocycles. The van der Waals surface area contributed by atoms with Crippen LogP contribution in [0.1, 0.15) is 46.5 Å². The topological polar surface area (TPSA) is 66.8 Å². The van der Waals surface area contributed by atoms with E-state index in [0.29, 0.717) is 32.4 Å². The van der Waals surface area contributed by atoms with Crippen molar-refractivity contribution < 1.29 is 19.1 Å². The summed E-state index contributed by atoms with van der Waals surface area (Å²) in [6.45, 7) is 12.1. The summed E-state index contributed by atoms with van der Waals surface area (Å²) in [6, 6.07) is 0. The van der Waals surface area contributed by atoms with Crippen LogP contribution in [0.4, 0.5) is 4.79 Å². The Labute approximate surface area is 139 Å². The number of carboxylic acid groups (broad SMARTS) is 1. The van der Waals surface area contributed by atoms with Crippen molar-refractivity contribution in [1.82, 2.24) is 4.90 Å². The predicted molar refractivity (Wildman–Crippen MR) is 91.8 cm³/mol. The van der Waals surface area contributed by atoms with E-state index < -0.39 is 14.4 Å². The summed E-state index contributed by atoms with van der Waals surface area (Å²) in [5.41, 5.74) is 0.618. The van der Waals surface area contributed by atoms with E-state index in [0.717, 1.165) is 12.0 Å². The first-order valence-corrected chi connectivity index (χ1v) is 11.3. The van der Waals surface area contributed by atoms with Crippen LogP contribution in [0.3, 0.4) is 0 Å². The molecule has 6 heteroatoms. The Morgan fingerprint density at radius 3 is 2.35 bits per heavy atom. The maximum absolute atomic E-state index is 11.5. The molecule has 1 spiro atoms. The lowest BCUT2D eigenvalue weighted by Gasteiger charge is -2.40. The largest absolute Gasteiger partial charge is 0.465 e. The average Bonchev–Trinajstić information content (AvgIpc) is 2.74. The second-order valence-corrected chi connectivity index (χ2v) is 13.3. The van der Waals surface area contributed by atoms with Gasteiger partial charge in [-0.3, -0.25) is 0 Å². The highest BCUT2D eigenvalue weighted by atomic mass is 28.4. The van der Waals surface area contributed by atoms with Crippen LogP contribution < -0.4 is 0 Å². The second-order valence-electron chi connectivity index (χ2n) is 8.54. The molecular formula is C17H29NO4Si. The molecule has 130 valence electrons. The molecule has 1 heterocycles. The molecule has 1 atom stereocenters. The molecule has 0 aromatic heterocycles. The Morgan fingerprint density at radius 1 is 1.35 bits per heavy atom. The Balaban J connectivity index is 2.10. The van der Waals surface area contributed by atoms with Crippen LogP contribution >= 0.6 is 0 Å². The number of rotatable bonds is 2. The second kappa shape index (κ2) is 6.08. The van der Waals surface area contributed by atoms with Crippen molar-refractivity contribution in [3.8, 4) is 0 Å². The zero-order valence-electron chi connectivity index (χ0n) is 14.9. The summed E-state index contributed by atoms with van der Waals surface area (Å²) in [5.74, 6) is 2.16. The number of nitrogens with zero attached hydrogens (tertiary/aromatic N) is 1. The van der Waals surface area contributed by atoms with Crippen LogP contribution in [-0.2, 0) is 9.22 Å². The lowest BCUT2D eigenvalue weighted by molar-refractivity contribution is 0.0935. The summed E-state index contributed by atoms with van der Waals surface area (Å²) in [7, 11) is -1.87. The third-order valence-electron chi connectivity index (χ3n) is 6.07. The maximum Gasteiger partial charge on any atom is 0.407 e. The average molecular weight is 340 g/mol. The van der Waals surface area contributed by atoms with Gasteiger partial charge in [0.15, 0.2) is 8.32 Å². The molecule has 1 saturated carbocycles. The van der Waals surface area contributed by atoms with Gasteiger partial charge < -0.3 is 14.4 Å². The van der Waals surface area contributed by atoms with Crippen LogP contribution in [0.15, 0.2) is 5.57 Å². The van der Waals surface area contributed by atoms with Crippen molar-refractivity contribution in [3.05, 3.63) is 5.57 Å². The molecule has 5 nitrogen and oxygen atoms in total. The van der Waals surface area contributed by atoms with Gasteiger partial charge in [0.05, 0.1) is 6.10 Å². The number of carbonyl (C=O) groups excluding carboxylic acids is 1. The highest BCUT2D eigenvalue weighted by molar-refractivity contribution is 6.74. The van der Waals surface area contributed by atoms with Crippen LogP contribution in [-0.4, -0.2) is 49.6 Å². The van der Waals surface area contributed by atoms with Gasteiger partial charge in [0.1, 0.15) is 5.94 Å². The quantitative estimate of drug-likeness (QED) is 0.615. The van der Waals surface area contributed by atoms with Crippen LogP contribution in [0.25, 0.3) is 0 Å². The molecule has 1 unspecified atom stereocenters. The van der Waals surface area contributed by atoms with E-state index >= 15 is 0 Å². The number of amides is 1. The SMILES string of the molecule is CC(C)(C)[Si](C)(C)OC1CC(=C=O)C2(CCN(C(=O)O)CC2)C1. The monoisotopic (exact) mass is 339 g/mol. The highest BCUT2D eigenvalue weighted by Crippen LogP contribution is 2.51. The normalized spacial score (nSPS) is 24.8. The molecule has 0 aromatic rings. The summed E-state index contributed by atoms with van der Waals surface area (Å²) in [6.07, 6.45) is 2.11. The van der Waals surface area contributed by atoms with Crippen molar-refractivity contribution in [2.45, 2.75) is 70.7 Å². The molecule has 2 rings (SSSR count). The number of hydrogen-bond acceptors (Lipinski definition) is 3. The summed E-state index contributed by atoms with van der Waals surface area (Å²) < 4.78 is 6.51. The fourth-order valence-electron chi connectivity index (χ4n) is 3.53. The third-order valence-corrected chi connectivity index (χ3v) is 10.6. The van der Waals surface area contributed by atoms with Crippen LogP contribution in [0, 0.1) is 5.41 Å². The first-order valence-electron chi connectivity index (χ1n) is 8.41. The predicted octanol–water partition coefficient (Wildman–Crippen LogP) is 3.69. The van der Waals surface area contributed by atoms with Gasteiger partial charge in [0, 0.05) is 30.5 Å². The Bertz CT molecular complexity index is 523. The minimum absolute atomic E-state index is 0.0729. The van der Waals surface area contributed by atoms with Crippen molar-refractivity contribution in [2.24, 2.45) is 5.41 Å². The van der Waals surface area contributed by atoms with Gasteiger partial charge in [-0.05, 0) is 37.4 Å². The number of likely N-dealkylation sites (tertiary alicyclic amines) is 1. The van der Waals surface area contributed by atoms with Crippen molar-refractivity contribution in [3.63, 3.8) is 0 Å². The van der Waals surface area contributed by atoms with E-state index in [1.165, 1.54) is 4.90 Å². The van der Waals surface area contributed by atoms with Crippen molar-refractivity contribution >= 4 is 20.4 Å². The van der Waals surface area contributed by atoms with E-state index in [1.807, 2.05) is 0 Å². The lowest BCUT2D eigenvalue weighted by Crippen LogP contribution is -2.44. The van der Waals surface area contributed by atoms with Gasteiger partial charge >= 0.3 is 6.09 Å². The lowest BCUT2D eigenvalue weighted by atomic mass is 9.74. The molecule has 1 N–H and O–H groups in total. The molecule has 0 radical (unpaired) electrons. The molecule has 1 amide bonds.